The molecule has 0 bridgehead atoms. The highest BCUT2D eigenvalue weighted by molar-refractivity contribution is 6.31. The molecule has 5 rings (SSSR count). The van der Waals surface area contributed by atoms with E-state index in [2.05, 4.69) is 5.10 Å². The van der Waals surface area contributed by atoms with Gasteiger partial charge in [0.2, 0.25) is 5.95 Å². The minimum absolute atomic E-state index is 0.00804. The zero-order valence-electron chi connectivity index (χ0n) is 19.8. The number of fused-ring (bicyclic) bond motifs is 1. The van der Waals surface area contributed by atoms with Crippen LogP contribution in [0.3, 0.4) is 0 Å². The molecule has 0 unspecified atom stereocenters. The van der Waals surface area contributed by atoms with Crippen LogP contribution in [0.1, 0.15) is 25.3 Å². The second-order valence-electron chi connectivity index (χ2n) is 8.74. The van der Waals surface area contributed by atoms with Gasteiger partial charge in [0, 0.05) is 18.7 Å². The molecule has 1 aliphatic heterocycles. The number of benzene rings is 2. The Morgan fingerprint density at radius 3 is 2.61 bits per heavy atom. The third-order valence-corrected chi connectivity index (χ3v) is 6.68. The quantitative estimate of drug-likeness (QED) is 0.377. The van der Waals surface area contributed by atoms with Crippen LogP contribution in [0.25, 0.3) is 22.3 Å². The van der Waals surface area contributed by atoms with Crippen LogP contribution in [-0.2, 0) is 16.1 Å². The molecule has 0 radical (unpaired) electrons. The summed E-state index contributed by atoms with van der Waals surface area (Å²) in [6, 6.07) is 14.3. The normalized spacial score (nSPS) is 14.4. The molecule has 2 N–H and O–H groups in total. The van der Waals surface area contributed by atoms with Crippen molar-refractivity contribution in [2.24, 2.45) is 5.92 Å². The van der Waals surface area contributed by atoms with Crippen molar-refractivity contribution < 1.29 is 13.9 Å². The predicted molar refractivity (Wildman–Crippen MR) is 137 cm³/mol. The minimum atomic E-state index is -0.514. The number of carbonyl (C=O) groups is 1. The van der Waals surface area contributed by atoms with Crippen molar-refractivity contribution in [1.29, 1.82) is 0 Å². The highest BCUT2D eigenvalue weighted by Crippen LogP contribution is 2.35. The molecule has 2 aromatic carbocycles. The van der Waals surface area contributed by atoms with E-state index in [1.807, 2.05) is 42.2 Å². The van der Waals surface area contributed by atoms with Crippen molar-refractivity contribution in [2.45, 2.75) is 26.3 Å². The van der Waals surface area contributed by atoms with Gasteiger partial charge in [-0.1, -0.05) is 41.9 Å². The van der Waals surface area contributed by atoms with Gasteiger partial charge in [-0.15, -0.1) is 5.10 Å². The average molecular weight is 509 g/mol. The third-order valence-electron chi connectivity index (χ3n) is 6.39. The number of nitrogens with zero attached hydrogens (tertiary/aromatic N) is 5. The summed E-state index contributed by atoms with van der Waals surface area (Å²) in [4.78, 5) is 23.8. The first kappa shape index (κ1) is 24.0. The smallest absolute Gasteiger partial charge is 0.309 e. The standard InChI is InChI=1S/C26H26ClFN6O2/c1-2-36-25(35)17-10-12-33(13-11-17)26-30-22(18-8-9-20(28)19(27)14-18)21-23(29)34(32-24(21)31-26)15-16-6-4-3-5-7-16/h3-9,14,17H,2,10-13,15,29H2,1H3. The number of esters is 1. The van der Waals surface area contributed by atoms with Crippen molar-refractivity contribution in [3.05, 3.63) is 64.9 Å². The first-order valence-corrected chi connectivity index (χ1v) is 12.3. The highest BCUT2D eigenvalue weighted by atomic mass is 35.5. The van der Waals surface area contributed by atoms with Crippen LogP contribution < -0.4 is 10.6 Å². The number of rotatable bonds is 6. The molecule has 0 aliphatic carbocycles. The first-order chi connectivity index (χ1) is 17.4. The first-order valence-electron chi connectivity index (χ1n) is 11.9. The lowest BCUT2D eigenvalue weighted by molar-refractivity contribution is -0.148. The Kier molecular flexibility index (Phi) is 6.73. The summed E-state index contributed by atoms with van der Waals surface area (Å²) in [6.07, 6.45) is 1.28. The maximum atomic E-state index is 13.9. The summed E-state index contributed by atoms with van der Waals surface area (Å²) in [5.74, 6) is 0.0739. The van der Waals surface area contributed by atoms with Crippen molar-refractivity contribution in [1.82, 2.24) is 19.7 Å². The maximum absolute atomic E-state index is 13.9. The van der Waals surface area contributed by atoms with Gasteiger partial charge in [-0.3, -0.25) is 4.79 Å². The van der Waals surface area contributed by atoms with Gasteiger partial charge >= 0.3 is 5.97 Å². The average Bonchev–Trinajstić information content (AvgIpc) is 3.21. The largest absolute Gasteiger partial charge is 0.466 e. The molecule has 8 nitrogen and oxygen atoms in total. The van der Waals surface area contributed by atoms with Gasteiger partial charge in [-0.05, 0) is 43.5 Å². The van der Waals surface area contributed by atoms with E-state index >= 15 is 0 Å². The number of hydrogen-bond acceptors (Lipinski definition) is 7. The summed E-state index contributed by atoms with van der Waals surface area (Å²) < 4.78 is 20.8. The number of aromatic nitrogens is 4. The molecular weight excluding hydrogens is 483 g/mol. The van der Waals surface area contributed by atoms with E-state index < -0.39 is 5.82 Å². The van der Waals surface area contributed by atoms with E-state index in [0.29, 0.717) is 73.1 Å². The lowest BCUT2D eigenvalue weighted by Gasteiger charge is -2.31. The van der Waals surface area contributed by atoms with Gasteiger partial charge in [0.15, 0.2) is 5.65 Å². The summed E-state index contributed by atoms with van der Waals surface area (Å²) in [7, 11) is 0. The minimum Gasteiger partial charge on any atom is -0.466 e. The monoisotopic (exact) mass is 508 g/mol. The number of nitrogen functional groups attached to an aromatic ring is 1. The topological polar surface area (TPSA) is 99.2 Å². The van der Waals surface area contributed by atoms with Gasteiger partial charge < -0.3 is 15.4 Å². The van der Waals surface area contributed by atoms with E-state index in [-0.39, 0.29) is 16.9 Å². The Balaban J connectivity index is 1.55. The summed E-state index contributed by atoms with van der Waals surface area (Å²) in [6.45, 7) is 3.84. The lowest BCUT2D eigenvalue weighted by Crippen LogP contribution is -2.38. The van der Waals surface area contributed by atoms with Gasteiger partial charge in [-0.25, -0.2) is 14.1 Å². The molecule has 0 atom stereocenters. The summed E-state index contributed by atoms with van der Waals surface area (Å²) in [5.41, 5.74) is 9.17. The van der Waals surface area contributed by atoms with Crippen LogP contribution in [0.2, 0.25) is 5.02 Å². The Morgan fingerprint density at radius 2 is 1.92 bits per heavy atom. The van der Waals surface area contributed by atoms with Crippen LogP contribution in [0.15, 0.2) is 48.5 Å². The van der Waals surface area contributed by atoms with E-state index in [0.717, 1.165) is 5.56 Å². The Labute approximate surface area is 212 Å². The van der Waals surface area contributed by atoms with Gasteiger partial charge in [-0.2, -0.15) is 4.98 Å². The molecule has 0 saturated carbocycles. The van der Waals surface area contributed by atoms with Crippen LogP contribution in [0.4, 0.5) is 16.2 Å². The van der Waals surface area contributed by atoms with Gasteiger partial charge in [0.1, 0.15) is 11.6 Å². The molecule has 1 aliphatic rings. The number of nitrogens with two attached hydrogens (primary N) is 1. The Hall–Kier alpha value is -3.72. The highest BCUT2D eigenvalue weighted by Gasteiger charge is 2.28. The zero-order valence-corrected chi connectivity index (χ0v) is 20.6. The molecule has 2 aromatic heterocycles. The molecular formula is C26H26ClFN6O2. The maximum Gasteiger partial charge on any atom is 0.309 e. The number of anilines is 2. The van der Waals surface area contributed by atoms with E-state index in [1.54, 1.807) is 10.7 Å². The summed E-state index contributed by atoms with van der Waals surface area (Å²) in [5, 5.41) is 5.26. The molecule has 0 amide bonds. The lowest BCUT2D eigenvalue weighted by atomic mass is 9.97. The van der Waals surface area contributed by atoms with Gasteiger partial charge in [0.05, 0.1) is 35.2 Å². The van der Waals surface area contributed by atoms with Crippen molar-refractivity contribution in [2.75, 3.05) is 30.3 Å². The molecule has 10 heteroatoms. The van der Waals surface area contributed by atoms with Crippen molar-refractivity contribution in [3.8, 4) is 11.3 Å². The fraction of sp³-hybridized carbons (Fsp3) is 0.308. The fourth-order valence-corrected chi connectivity index (χ4v) is 4.67. The molecule has 186 valence electrons. The number of ether oxygens (including phenoxy) is 1. The number of halogens is 2. The van der Waals surface area contributed by atoms with Gasteiger partial charge in [0.25, 0.3) is 0 Å². The fourth-order valence-electron chi connectivity index (χ4n) is 4.49. The molecule has 4 aromatic rings. The van der Waals surface area contributed by atoms with Crippen LogP contribution in [0.5, 0.6) is 0 Å². The predicted octanol–water partition coefficient (Wildman–Crippen LogP) is 4.70. The second-order valence-corrected chi connectivity index (χ2v) is 9.15. The van der Waals surface area contributed by atoms with Crippen LogP contribution >= 0.6 is 11.6 Å². The van der Waals surface area contributed by atoms with Crippen molar-refractivity contribution >= 4 is 40.4 Å². The SMILES string of the molecule is CCOC(=O)C1CCN(c2nc(-c3ccc(F)c(Cl)c3)c3c(N)n(Cc4ccccc4)nc3n2)CC1. The molecule has 1 saturated heterocycles. The van der Waals surface area contributed by atoms with Crippen LogP contribution in [0, 0.1) is 11.7 Å². The Bertz CT molecular complexity index is 1400. The number of piperidine rings is 1. The van der Waals surface area contributed by atoms with E-state index in [4.69, 9.17) is 32.0 Å². The molecule has 36 heavy (non-hydrogen) atoms. The number of carbonyl (C=O) groups excluding carboxylic acids is 1. The summed E-state index contributed by atoms with van der Waals surface area (Å²) >= 11 is 6.10. The van der Waals surface area contributed by atoms with Crippen molar-refractivity contribution in [3.63, 3.8) is 0 Å². The third kappa shape index (κ3) is 4.70. The Morgan fingerprint density at radius 1 is 1.17 bits per heavy atom. The molecule has 0 spiro atoms. The molecule has 3 heterocycles. The van der Waals surface area contributed by atoms with E-state index in [1.165, 1.54) is 12.1 Å². The second kappa shape index (κ2) is 10.1. The molecule has 1 fully saturated rings. The zero-order chi connectivity index (χ0) is 25.2. The van der Waals surface area contributed by atoms with E-state index in [9.17, 15) is 9.18 Å². The number of hydrogen-bond donors (Lipinski definition) is 1. The van der Waals surface area contributed by atoms with Crippen LogP contribution in [-0.4, -0.2) is 45.4 Å².